The van der Waals surface area contributed by atoms with Crippen molar-refractivity contribution in [1.82, 2.24) is 4.98 Å². The van der Waals surface area contributed by atoms with Crippen LogP contribution >= 0.6 is 27.3 Å². The van der Waals surface area contributed by atoms with E-state index >= 15 is 0 Å². The Hall–Kier alpha value is -2.44. The number of hydrogen-bond acceptors (Lipinski definition) is 5. The number of halogens is 1. The molecule has 25 heavy (non-hydrogen) atoms. The van der Waals surface area contributed by atoms with Crippen LogP contribution in [0.2, 0.25) is 0 Å². The van der Waals surface area contributed by atoms with Gasteiger partial charge in [0.25, 0.3) is 0 Å². The van der Waals surface area contributed by atoms with Gasteiger partial charge in [-0.1, -0.05) is 33.6 Å². The minimum atomic E-state index is -0.387. The highest BCUT2D eigenvalue weighted by Gasteiger charge is 2.12. The second-order valence-corrected chi connectivity index (χ2v) is 7.43. The first-order chi connectivity index (χ1) is 12.1. The molecule has 0 radical (unpaired) electrons. The Morgan fingerprint density at radius 1 is 1.12 bits per heavy atom. The molecule has 2 aromatic carbocycles. The minimum absolute atomic E-state index is 0.387. The predicted molar refractivity (Wildman–Crippen MR) is 106 cm³/mol. The molecule has 0 unspecified atom stereocenters. The zero-order chi connectivity index (χ0) is 17.4. The molecule has 0 amide bonds. The Balaban J connectivity index is 1.69. The number of thiazole rings is 1. The fourth-order valence-corrected chi connectivity index (χ4v) is 3.60. The van der Waals surface area contributed by atoms with E-state index in [9.17, 15) is 4.79 Å². The molecule has 0 aliphatic carbocycles. The molecule has 0 aliphatic heterocycles. The predicted octanol–water partition coefficient (Wildman–Crippen LogP) is 5.73. The lowest BCUT2D eigenvalue weighted by Crippen LogP contribution is -2.03. The van der Waals surface area contributed by atoms with E-state index in [4.69, 9.17) is 4.42 Å². The lowest BCUT2D eigenvalue weighted by molar-refractivity contribution is 0.563. The lowest BCUT2D eigenvalue weighted by atomic mass is 10.1. The second kappa shape index (κ2) is 6.46. The summed E-state index contributed by atoms with van der Waals surface area (Å²) in [5, 5.41) is 6.69. The van der Waals surface area contributed by atoms with Gasteiger partial charge in [0.05, 0.1) is 11.3 Å². The highest BCUT2D eigenvalue weighted by atomic mass is 79.9. The van der Waals surface area contributed by atoms with E-state index in [1.54, 1.807) is 6.07 Å². The highest BCUT2D eigenvalue weighted by molar-refractivity contribution is 9.10. The van der Waals surface area contributed by atoms with Crippen LogP contribution in [0.15, 0.2) is 67.6 Å². The summed E-state index contributed by atoms with van der Waals surface area (Å²) in [5.74, 6) is 0. The topological polar surface area (TPSA) is 55.1 Å². The molecule has 0 bridgehead atoms. The van der Waals surface area contributed by atoms with Crippen LogP contribution in [0.1, 0.15) is 5.56 Å². The van der Waals surface area contributed by atoms with Crippen molar-refractivity contribution in [1.29, 1.82) is 0 Å². The summed E-state index contributed by atoms with van der Waals surface area (Å²) in [4.78, 5) is 16.8. The van der Waals surface area contributed by atoms with E-state index in [0.29, 0.717) is 16.8 Å². The molecule has 0 spiro atoms. The number of rotatable bonds is 3. The van der Waals surface area contributed by atoms with Gasteiger partial charge in [-0.05, 0) is 43.3 Å². The van der Waals surface area contributed by atoms with Gasteiger partial charge in [0.15, 0.2) is 5.13 Å². The molecule has 0 fully saturated rings. The summed E-state index contributed by atoms with van der Waals surface area (Å²) in [6, 6.07) is 15.4. The minimum Gasteiger partial charge on any atom is -0.422 e. The number of benzene rings is 2. The molecule has 0 saturated carbocycles. The zero-order valence-electron chi connectivity index (χ0n) is 13.2. The molecule has 0 atom stereocenters. The molecule has 2 heterocycles. The van der Waals surface area contributed by atoms with Crippen molar-refractivity contribution in [3.8, 4) is 11.3 Å². The smallest absolute Gasteiger partial charge is 0.345 e. The van der Waals surface area contributed by atoms with Crippen molar-refractivity contribution in [3.63, 3.8) is 0 Å². The van der Waals surface area contributed by atoms with E-state index < -0.39 is 0 Å². The van der Waals surface area contributed by atoms with Crippen LogP contribution in [0.5, 0.6) is 0 Å². The van der Waals surface area contributed by atoms with Gasteiger partial charge < -0.3 is 9.73 Å². The van der Waals surface area contributed by atoms with Crippen LogP contribution < -0.4 is 10.9 Å². The molecular weight excluding hydrogens is 400 g/mol. The van der Waals surface area contributed by atoms with E-state index in [2.05, 4.69) is 26.2 Å². The molecule has 4 aromatic rings. The summed E-state index contributed by atoms with van der Waals surface area (Å²) in [6.07, 6.45) is 0. The summed E-state index contributed by atoms with van der Waals surface area (Å²) < 4.78 is 6.34. The molecule has 2 aromatic heterocycles. The van der Waals surface area contributed by atoms with Crippen molar-refractivity contribution in [3.05, 3.63) is 74.4 Å². The van der Waals surface area contributed by atoms with Gasteiger partial charge in [0.1, 0.15) is 5.58 Å². The number of aryl methyl sites for hydroxylation is 1. The molecule has 1 N–H and O–H groups in total. The average Bonchev–Trinajstić information content (AvgIpc) is 3.05. The van der Waals surface area contributed by atoms with E-state index in [0.717, 1.165) is 20.7 Å². The quantitative estimate of drug-likeness (QED) is 0.436. The zero-order valence-corrected chi connectivity index (χ0v) is 15.6. The first-order valence-corrected chi connectivity index (χ1v) is 9.29. The molecule has 6 heteroatoms. The van der Waals surface area contributed by atoms with Crippen molar-refractivity contribution >= 4 is 49.1 Å². The van der Waals surface area contributed by atoms with Gasteiger partial charge in [-0.2, -0.15) is 0 Å². The first-order valence-electron chi connectivity index (χ1n) is 7.61. The Morgan fingerprint density at radius 3 is 2.72 bits per heavy atom. The summed E-state index contributed by atoms with van der Waals surface area (Å²) in [7, 11) is 0. The SMILES string of the molecule is Cc1ccc(Nc2nc(-c3cc4cc(Br)ccc4oc3=O)cs2)cc1. The molecule has 0 saturated heterocycles. The Morgan fingerprint density at radius 2 is 1.92 bits per heavy atom. The van der Waals surface area contributed by atoms with Gasteiger partial charge in [-0.15, -0.1) is 11.3 Å². The summed E-state index contributed by atoms with van der Waals surface area (Å²) >= 11 is 4.88. The van der Waals surface area contributed by atoms with Crippen molar-refractivity contribution in [2.24, 2.45) is 0 Å². The van der Waals surface area contributed by atoms with E-state index in [-0.39, 0.29) is 5.63 Å². The summed E-state index contributed by atoms with van der Waals surface area (Å²) in [5.41, 5.74) is 3.40. The second-order valence-electron chi connectivity index (χ2n) is 5.66. The maximum atomic E-state index is 12.3. The third kappa shape index (κ3) is 3.36. The van der Waals surface area contributed by atoms with Crippen LogP contribution in [-0.4, -0.2) is 4.98 Å². The fourth-order valence-electron chi connectivity index (χ4n) is 2.49. The standard InChI is InChI=1S/C19H13BrN2O2S/c1-11-2-5-14(6-3-11)21-19-22-16(10-25-19)15-9-12-8-13(20)4-7-17(12)24-18(15)23/h2-10H,1H3,(H,21,22). The number of aromatic nitrogens is 1. The van der Waals surface area contributed by atoms with Crippen molar-refractivity contribution < 1.29 is 4.42 Å². The van der Waals surface area contributed by atoms with Crippen LogP contribution in [0.4, 0.5) is 10.8 Å². The van der Waals surface area contributed by atoms with Crippen LogP contribution in [0.25, 0.3) is 22.2 Å². The van der Waals surface area contributed by atoms with Gasteiger partial charge in [0.2, 0.25) is 0 Å². The van der Waals surface area contributed by atoms with Crippen LogP contribution in [-0.2, 0) is 0 Å². The van der Waals surface area contributed by atoms with Crippen molar-refractivity contribution in [2.75, 3.05) is 5.32 Å². The number of nitrogens with one attached hydrogen (secondary N) is 1. The number of nitrogens with zero attached hydrogens (tertiary/aromatic N) is 1. The fraction of sp³-hybridized carbons (Fsp3) is 0.0526. The van der Waals surface area contributed by atoms with Crippen LogP contribution in [0.3, 0.4) is 0 Å². The number of hydrogen-bond donors (Lipinski definition) is 1. The Kier molecular flexibility index (Phi) is 4.15. The van der Waals surface area contributed by atoms with Gasteiger partial charge in [0, 0.05) is 20.9 Å². The van der Waals surface area contributed by atoms with Crippen molar-refractivity contribution in [2.45, 2.75) is 6.92 Å². The van der Waals surface area contributed by atoms with E-state index in [1.807, 2.05) is 54.8 Å². The third-order valence-corrected chi connectivity index (χ3v) is 5.03. The maximum absolute atomic E-state index is 12.3. The van der Waals surface area contributed by atoms with Gasteiger partial charge in [-0.3, -0.25) is 0 Å². The molecule has 0 aliphatic rings. The Labute approximate surface area is 156 Å². The monoisotopic (exact) mass is 412 g/mol. The van der Waals surface area contributed by atoms with E-state index in [1.165, 1.54) is 16.9 Å². The largest absolute Gasteiger partial charge is 0.422 e. The molecule has 124 valence electrons. The molecular formula is C19H13BrN2O2S. The maximum Gasteiger partial charge on any atom is 0.345 e. The summed E-state index contributed by atoms with van der Waals surface area (Å²) in [6.45, 7) is 2.04. The Bertz CT molecular complexity index is 1120. The molecule has 4 rings (SSSR count). The lowest BCUT2D eigenvalue weighted by Gasteiger charge is -2.02. The first kappa shape index (κ1) is 16.1. The van der Waals surface area contributed by atoms with Crippen LogP contribution in [0, 0.1) is 6.92 Å². The highest BCUT2D eigenvalue weighted by Crippen LogP contribution is 2.28. The number of anilines is 2. The molecule has 4 nitrogen and oxygen atoms in total. The van der Waals surface area contributed by atoms with Gasteiger partial charge in [-0.25, -0.2) is 9.78 Å². The normalized spacial score (nSPS) is 11.0. The number of fused-ring (bicyclic) bond motifs is 1. The average molecular weight is 413 g/mol. The third-order valence-electron chi connectivity index (χ3n) is 3.78. The van der Waals surface area contributed by atoms with Gasteiger partial charge >= 0.3 is 5.63 Å².